The molecule has 2 aromatic carbocycles. The number of para-hydroxylation sites is 1. The molecule has 9 heteroatoms. The third-order valence-corrected chi connectivity index (χ3v) is 4.02. The third kappa shape index (κ3) is 4.73. The van der Waals surface area contributed by atoms with Gasteiger partial charge in [-0.15, -0.1) is 0 Å². The van der Waals surface area contributed by atoms with E-state index in [1.807, 2.05) is 0 Å². The first-order valence-electron chi connectivity index (χ1n) is 9.12. The standard InChI is InChI=1S/C21H21F2N3O4/c1-21(2,3)30-19(27)25(4)12-13-9-15(22)18(16(23)10-13)29-20(28)26-17-8-6-5-7-14(17)11-24-26/h5-11H,12H2,1-4H3. The number of rotatable bonds is 3. The first-order chi connectivity index (χ1) is 14.0. The fourth-order valence-electron chi connectivity index (χ4n) is 2.73. The second-order valence-corrected chi connectivity index (χ2v) is 7.71. The van der Waals surface area contributed by atoms with Crippen molar-refractivity contribution in [1.29, 1.82) is 0 Å². The molecule has 158 valence electrons. The Bertz CT molecular complexity index is 1080. The van der Waals surface area contributed by atoms with E-state index < -0.39 is 35.2 Å². The molecule has 7 nitrogen and oxygen atoms in total. The van der Waals surface area contributed by atoms with Crippen molar-refractivity contribution < 1.29 is 27.8 Å². The van der Waals surface area contributed by atoms with Crippen LogP contribution in [-0.4, -0.2) is 39.5 Å². The molecule has 0 fully saturated rings. The van der Waals surface area contributed by atoms with Crippen LogP contribution >= 0.6 is 0 Å². The normalized spacial score (nSPS) is 11.4. The van der Waals surface area contributed by atoms with Gasteiger partial charge in [0.05, 0.1) is 11.7 Å². The predicted molar refractivity (Wildman–Crippen MR) is 105 cm³/mol. The quantitative estimate of drug-likeness (QED) is 0.616. The molecule has 0 saturated heterocycles. The Morgan fingerprint density at radius 1 is 1.13 bits per heavy atom. The number of amides is 1. The van der Waals surface area contributed by atoms with Crippen molar-refractivity contribution in [3.8, 4) is 5.75 Å². The number of aromatic nitrogens is 2. The first-order valence-corrected chi connectivity index (χ1v) is 9.12. The number of benzene rings is 2. The average molecular weight is 417 g/mol. The Morgan fingerprint density at radius 3 is 2.40 bits per heavy atom. The van der Waals surface area contributed by atoms with Crippen molar-refractivity contribution in [2.24, 2.45) is 0 Å². The van der Waals surface area contributed by atoms with Crippen molar-refractivity contribution in [3.05, 3.63) is 59.8 Å². The molecular weight excluding hydrogens is 396 g/mol. The first kappa shape index (κ1) is 21.2. The zero-order valence-corrected chi connectivity index (χ0v) is 17.0. The fourth-order valence-corrected chi connectivity index (χ4v) is 2.73. The number of nitrogens with zero attached hydrogens (tertiary/aromatic N) is 3. The summed E-state index contributed by atoms with van der Waals surface area (Å²) in [7, 11) is 1.45. The maximum Gasteiger partial charge on any atom is 0.440 e. The van der Waals surface area contributed by atoms with Gasteiger partial charge < -0.3 is 14.4 Å². The lowest BCUT2D eigenvalue weighted by atomic mass is 10.2. The van der Waals surface area contributed by atoms with Gasteiger partial charge in [-0.05, 0) is 44.5 Å². The van der Waals surface area contributed by atoms with E-state index in [0.29, 0.717) is 10.9 Å². The van der Waals surface area contributed by atoms with Crippen LogP contribution in [0.25, 0.3) is 10.9 Å². The van der Waals surface area contributed by atoms with Gasteiger partial charge in [0, 0.05) is 19.0 Å². The molecule has 0 saturated carbocycles. The minimum atomic E-state index is -1.08. The van der Waals surface area contributed by atoms with E-state index in [1.165, 1.54) is 18.1 Å². The Morgan fingerprint density at radius 2 is 1.77 bits per heavy atom. The average Bonchev–Trinajstić information content (AvgIpc) is 3.07. The molecule has 1 heterocycles. The van der Waals surface area contributed by atoms with E-state index in [0.717, 1.165) is 16.8 Å². The van der Waals surface area contributed by atoms with Crippen LogP contribution in [0.3, 0.4) is 0 Å². The van der Waals surface area contributed by atoms with Gasteiger partial charge >= 0.3 is 12.2 Å². The summed E-state index contributed by atoms with van der Waals surface area (Å²) in [6, 6.07) is 8.83. The Hall–Kier alpha value is -3.49. The Kier molecular flexibility index (Phi) is 5.73. The smallest absolute Gasteiger partial charge is 0.440 e. The molecule has 0 aliphatic rings. The van der Waals surface area contributed by atoms with Crippen LogP contribution in [-0.2, 0) is 11.3 Å². The summed E-state index contributed by atoms with van der Waals surface area (Å²) >= 11 is 0. The van der Waals surface area contributed by atoms with Gasteiger partial charge in [0.25, 0.3) is 0 Å². The molecule has 0 N–H and O–H groups in total. The molecule has 3 rings (SSSR count). The molecule has 0 bridgehead atoms. The second-order valence-electron chi connectivity index (χ2n) is 7.71. The van der Waals surface area contributed by atoms with Crippen LogP contribution in [0.5, 0.6) is 5.75 Å². The number of carbonyl (C=O) groups is 2. The molecule has 0 atom stereocenters. The van der Waals surface area contributed by atoms with Crippen LogP contribution < -0.4 is 4.74 Å². The lowest BCUT2D eigenvalue weighted by Gasteiger charge is -2.24. The van der Waals surface area contributed by atoms with Crippen molar-refractivity contribution in [2.75, 3.05) is 7.05 Å². The molecule has 30 heavy (non-hydrogen) atoms. The summed E-state index contributed by atoms with van der Waals surface area (Å²) in [5.74, 6) is -3.00. The molecule has 0 aliphatic heterocycles. The van der Waals surface area contributed by atoms with Crippen molar-refractivity contribution in [1.82, 2.24) is 14.7 Å². The molecule has 0 unspecified atom stereocenters. The summed E-state index contributed by atoms with van der Waals surface area (Å²) in [5.41, 5.74) is -0.0852. The van der Waals surface area contributed by atoms with E-state index in [2.05, 4.69) is 5.10 Å². The van der Waals surface area contributed by atoms with Gasteiger partial charge in [-0.3, -0.25) is 0 Å². The van der Waals surface area contributed by atoms with E-state index >= 15 is 0 Å². The molecule has 0 spiro atoms. The summed E-state index contributed by atoms with van der Waals surface area (Å²) < 4.78 is 40.0. The SMILES string of the molecule is CN(Cc1cc(F)c(OC(=O)n2ncc3ccccc32)c(F)c1)C(=O)OC(C)(C)C. The minimum absolute atomic E-state index is 0.0965. The second kappa shape index (κ2) is 8.10. The van der Waals surface area contributed by atoms with Gasteiger partial charge in [0.15, 0.2) is 11.6 Å². The van der Waals surface area contributed by atoms with Crippen LogP contribution in [0.4, 0.5) is 18.4 Å². The number of halogens is 2. The van der Waals surface area contributed by atoms with Crippen LogP contribution in [0.15, 0.2) is 42.6 Å². The highest BCUT2D eigenvalue weighted by molar-refractivity contribution is 5.88. The molecule has 0 aliphatic carbocycles. The van der Waals surface area contributed by atoms with Crippen LogP contribution in [0, 0.1) is 11.6 Å². The maximum absolute atomic E-state index is 14.5. The van der Waals surface area contributed by atoms with Gasteiger partial charge in [-0.2, -0.15) is 9.78 Å². The lowest BCUT2D eigenvalue weighted by Crippen LogP contribution is -2.33. The van der Waals surface area contributed by atoms with Gasteiger partial charge in [0.2, 0.25) is 5.75 Å². The van der Waals surface area contributed by atoms with Gasteiger partial charge in [-0.1, -0.05) is 18.2 Å². The molecule has 1 amide bonds. The third-order valence-electron chi connectivity index (χ3n) is 4.02. The highest BCUT2D eigenvalue weighted by atomic mass is 19.1. The van der Waals surface area contributed by atoms with E-state index in [-0.39, 0.29) is 12.1 Å². The lowest BCUT2D eigenvalue weighted by molar-refractivity contribution is 0.0284. The highest BCUT2D eigenvalue weighted by Gasteiger charge is 2.22. The van der Waals surface area contributed by atoms with Crippen LogP contribution in [0.1, 0.15) is 26.3 Å². The predicted octanol–water partition coefficient (Wildman–Crippen LogP) is 4.73. The zero-order chi connectivity index (χ0) is 22.1. The molecule has 1 aromatic heterocycles. The van der Waals surface area contributed by atoms with E-state index in [1.54, 1.807) is 45.0 Å². The maximum atomic E-state index is 14.5. The van der Waals surface area contributed by atoms with E-state index in [4.69, 9.17) is 9.47 Å². The van der Waals surface area contributed by atoms with Gasteiger partial charge in [-0.25, -0.2) is 18.4 Å². The summed E-state index contributed by atoms with van der Waals surface area (Å²) in [6.45, 7) is 5.04. The largest absolute Gasteiger partial charge is 0.444 e. The zero-order valence-electron chi connectivity index (χ0n) is 17.0. The van der Waals surface area contributed by atoms with Crippen molar-refractivity contribution >= 4 is 23.1 Å². The van der Waals surface area contributed by atoms with Crippen molar-refractivity contribution in [2.45, 2.75) is 32.9 Å². The summed E-state index contributed by atoms with van der Waals surface area (Å²) in [5, 5.41) is 4.57. The minimum Gasteiger partial charge on any atom is -0.444 e. The fraction of sp³-hybridized carbons (Fsp3) is 0.286. The van der Waals surface area contributed by atoms with E-state index in [9.17, 15) is 18.4 Å². The number of fused-ring (bicyclic) bond motifs is 1. The molecular formula is C21H21F2N3O4. The summed E-state index contributed by atoms with van der Waals surface area (Å²) in [6.07, 6.45) is -0.240. The van der Waals surface area contributed by atoms with Gasteiger partial charge in [0.1, 0.15) is 5.60 Å². The Balaban J connectivity index is 1.76. The number of ether oxygens (including phenoxy) is 2. The topological polar surface area (TPSA) is 73.7 Å². The number of hydrogen-bond acceptors (Lipinski definition) is 5. The van der Waals surface area contributed by atoms with Crippen molar-refractivity contribution in [3.63, 3.8) is 0 Å². The number of carbonyl (C=O) groups excluding carboxylic acids is 2. The molecule has 0 radical (unpaired) electrons. The highest BCUT2D eigenvalue weighted by Crippen LogP contribution is 2.25. The number of hydrogen-bond donors (Lipinski definition) is 0. The molecule has 3 aromatic rings. The van der Waals surface area contributed by atoms with Crippen LogP contribution in [0.2, 0.25) is 0 Å². The summed E-state index contributed by atoms with van der Waals surface area (Å²) in [4.78, 5) is 25.6. The monoisotopic (exact) mass is 417 g/mol. The Labute approximate surface area is 171 Å².